The van der Waals surface area contributed by atoms with E-state index in [0.29, 0.717) is 13.1 Å². The maximum Gasteiger partial charge on any atom is 0.255 e. The number of rotatable bonds is 3. The van der Waals surface area contributed by atoms with Crippen LogP contribution in [0.4, 0.5) is 0 Å². The first kappa shape index (κ1) is 15.1. The van der Waals surface area contributed by atoms with Crippen LogP contribution in [0, 0.1) is 0 Å². The van der Waals surface area contributed by atoms with Crippen LogP contribution in [-0.4, -0.2) is 36.2 Å². The Labute approximate surface area is 135 Å². The van der Waals surface area contributed by atoms with E-state index in [4.69, 9.17) is 5.73 Å². The van der Waals surface area contributed by atoms with E-state index < -0.39 is 0 Å². The number of nitrogens with zero attached hydrogens (tertiary/aromatic N) is 1. The van der Waals surface area contributed by atoms with Crippen molar-refractivity contribution in [2.24, 2.45) is 5.73 Å². The molecule has 1 aliphatic heterocycles. The Bertz CT molecular complexity index is 659. The van der Waals surface area contributed by atoms with Crippen molar-refractivity contribution in [3.8, 4) is 0 Å². The number of carbonyl (C=O) groups is 1. The Morgan fingerprint density at radius 2 is 1.77 bits per heavy atom. The standard InChI is InChI=1S/C18H20N2OS/c1-22-17-10-6-5-9-14(17)18(21)20-11-15(16(19)12-20)13-7-3-2-4-8-13/h2-10,15-16H,11-12,19H2,1H3/t15-,16+/m0/s1. The van der Waals surface area contributed by atoms with Gasteiger partial charge in [-0.3, -0.25) is 4.79 Å². The molecule has 22 heavy (non-hydrogen) atoms. The van der Waals surface area contributed by atoms with Crippen LogP contribution in [0.5, 0.6) is 0 Å². The van der Waals surface area contributed by atoms with Crippen molar-refractivity contribution in [1.29, 1.82) is 0 Å². The van der Waals surface area contributed by atoms with Gasteiger partial charge < -0.3 is 10.6 Å². The summed E-state index contributed by atoms with van der Waals surface area (Å²) in [4.78, 5) is 15.7. The van der Waals surface area contributed by atoms with E-state index in [-0.39, 0.29) is 17.9 Å². The molecule has 0 spiro atoms. The zero-order chi connectivity index (χ0) is 15.5. The monoisotopic (exact) mass is 312 g/mol. The lowest BCUT2D eigenvalue weighted by atomic mass is 9.95. The molecule has 0 unspecified atom stereocenters. The van der Waals surface area contributed by atoms with Gasteiger partial charge in [0, 0.05) is 29.9 Å². The Morgan fingerprint density at radius 3 is 2.50 bits per heavy atom. The van der Waals surface area contributed by atoms with Gasteiger partial charge in [0.25, 0.3) is 5.91 Å². The topological polar surface area (TPSA) is 46.3 Å². The number of hydrogen-bond donors (Lipinski definition) is 1. The zero-order valence-electron chi connectivity index (χ0n) is 12.6. The summed E-state index contributed by atoms with van der Waals surface area (Å²) in [6.07, 6.45) is 1.99. The molecule has 2 aromatic carbocycles. The van der Waals surface area contributed by atoms with Gasteiger partial charge in [0.2, 0.25) is 0 Å². The van der Waals surface area contributed by atoms with E-state index in [2.05, 4.69) is 12.1 Å². The first-order valence-electron chi connectivity index (χ1n) is 7.43. The van der Waals surface area contributed by atoms with Crippen LogP contribution in [0.2, 0.25) is 0 Å². The molecule has 1 heterocycles. The lowest BCUT2D eigenvalue weighted by Crippen LogP contribution is -2.32. The number of nitrogens with two attached hydrogens (primary N) is 1. The molecule has 0 aliphatic carbocycles. The second-order valence-electron chi connectivity index (χ2n) is 5.59. The average molecular weight is 312 g/mol. The van der Waals surface area contributed by atoms with Crippen LogP contribution in [0.25, 0.3) is 0 Å². The molecule has 0 aromatic heterocycles. The van der Waals surface area contributed by atoms with E-state index in [1.165, 1.54) is 5.56 Å². The summed E-state index contributed by atoms with van der Waals surface area (Å²) in [5, 5.41) is 0. The van der Waals surface area contributed by atoms with E-state index in [1.807, 2.05) is 53.6 Å². The van der Waals surface area contributed by atoms with E-state index in [0.717, 1.165) is 10.5 Å². The van der Waals surface area contributed by atoms with Crippen LogP contribution in [0.15, 0.2) is 59.5 Å². The van der Waals surface area contributed by atoms with E-state index in [9.17, 15) is 4.79 Å². The number of benzene rings is 2. The van der Waals surface area contributed by atoms with Gasteiger partial charge in [0.05, 0.1) is 5.56 Å². The average Bonchev–Trinajstić information content (AvgIpc) is 2.97. The fourth-order valence-electron chi connectivity index (χ4n) is 3.04. The first-order chi connectivity index (χ1) is 10.7. The van der Waals surface area contributed by atoms with Crippen molar-refractivity contribution in [1.82, 2.24) is 4.90 Å². The highest BCUT2D eigenvalue weighted by molar-refractivity contribution is 7.98. The number of amides is 1. The minimum atomic E-state index is -0.00667. The summed E-state index contributed by atoms with van der Waals surface area (Å²) in [5.41, 5.74) is 8.27. The Balaban J connectivity index is 1.81. The summed E-state index contributed by atoms with van der Waals surface area (Å²) in [6.45, 7) is 1.30. The molecular weight excluding hydrogens is 292 g/mol. The van der Waals surface area contributed by atoms with Gasteiger partial charge in [-0.05, 0) is 24.0 Å². The summed E-state index contributed by atoms with van der Waals surface area (Å²) in [7, 11) is 0. The number of thioether (sulfide) groups is 1. The van der Waals surface area contributed by atoms with Crippen molar-refractivity contribution >= 4 is 17.7 Å². The molecule has 3 nitrogen and oxygen atoms in total. The van der Waals surface area contributed by atoms with Crippen molar-refractivity contribution in [2.75, 3.05) is 19.3 Å². The Kier molecular flexibility index (Phi) is 4.50. The minimum absolute atomic E-state index is 0.00667. The Hall–Kier alpha value is -1.78. The third kappa shape index (κ3) is 2.89. The Morgan fingerprint density at radius 1 is 1.09 bits per heavy atom. The molecular formula is C18H20N2OS. The SMILES string of the molecule is CSc1ccccc1C(=O)N1C[C@@H](N)[C@H](c2ccccc2)C1. The van der Waals surface area contributed by atoms with Gasteiger partial charge >= 0.3 is 0 Å². The van der Waals surface area contributed by atoms with E-state index in [1.54, 1.807) is 11.8 Å². The van der Waals surface area contributed by atoms with Crippen LogP contribution >= 0.6 is 11.8 Å². The molecule has 114 valence electrons. The van der Waals surface area contributed by atoms with Crippen LogP contribution in [0.3, 0.4) is 0 Å². The van der Waals surface area contributed by atoms with Crippen molar-refractivity contribution in [3.05, 3.63) is 65.7 Å². The van der Waals surface area contributed by atoms with Gasteiger partial charge in [-0.15, -0.1) is 11.8 Å². The largest absolute Gasteiger partial charge is 0.336 e. The second kappa shape index (κ2) is 6.55. The number of hydrogen-bond acceptors (Lipinski definition) is 3. The molecule has 0 bridgehead atoms. The second-order valence-corrected chi connectivity index (χ2v) is 6.44. The lowest BCUT2D eigenvalue weighted by molar-refractivity contribution is 0.0786. The molecule has 1 aliphatic rings. The molecule has 1 saturated heterocycles. The predicted molar refractivity (Wildman–Crippen MR) is 91.3 cm³/mol. The van der Waals surface area contributed by atoms with Crippen molar-refractivity contribution in [3.63, 3.8) is 0 Å². The first-order valence-corrected chi connectivity index (χ1v) is 8.66. The molecule has 3 rings (SSSR count). The maximum atomic E-state index is 12.8. The normalized spacial score (nSPS) is 21.1. The minimum Gasteiger partial charge on any atom is -0.336 e. The fraction of sp³-hybridized carbons (Fsp3) is 0.278. The van der Waals surface area contributed by atoms with Gasteiger partial charge in [-0.25, -0.2) is 0 Å². The molecule has 2 aromatic rings. The molecule has 0 saturated carbocycles. The van der Waals surface area contributed by atoms with Crippen LogP contribution in [-0.2, 0) is 0 Å². The third-order valence-electron chi connectivity index (χ3n) is 4.22. The third-order valence-corrected chi connectivity index (χ3v) is 5.01. The fourth-order valence-corrected chi connectivity index (χ4v) is 3.63. The van der Waals surface area contributed by atoms with Crippen LogP contribution in [0.1, 0.15) is 21.8 Å². The molecule has 1 amide bonds. The summed E-state index contributed by atoms with van der Waals surface area (Å²) in [5.74, 6) is 0.297. The predicted octanol–water partition coefficient (Wildman–Crippen LogP) is 2.98. The van der Waals surface area contributed by atoms with Gasteiger partial charge in [-0.2, -0.15) is 0 Å². The van der Waals surface area contributed by atoms with Gasteiger partial charge in [-0.1, -0.05) is 42.5 Å². The highest BCUT2D eigenvalue weighted by Crippen LogP contribution is 2.29. The van der Waals surface area contributed by atoms with Gasteiger partial charge in [0.1, 0.15) is 0 Å². The summed E-state index contributed by atoms with van der Waals surface area (Å²) >= 11 is 1.60. The molecule has 2 N–H and O–H groups in total. The number of likely N-dealkylation sites (tertiary alicyclic amines) is 1. The van der Waals surface area contributed by atoms with Crippen LogP contribution < -0.4 is 5.73 Å². The highest BCUT2D eigenvalue weighted by Gasteiger charge is 2.34. The molecule has 2 atom stereocenters. The number of carbonyl (C=O) groups excluding carboxylic acids is 1. The smallest absolute Gasteiger partial charge is 0.255 e. The molecule has 0 radical (unpaired) electrons. The maximum absolute atomic E-state index is 12.8. The van der Waals surface area contributed by atoms with Crippen molar-refractivity contribution in [2.45, 2.75) is 16.9 Å². The summed E-state index contributed by atoms with van der Waals surface area (Å²) in [6, 6.07) is 18.0. The summed E-state index contributed by atoms with van der Waals surface area (Å²) < 4.78 is 0. The quantitative estimate of drug-likeness (QED) is 0.886. The van der Waals surface area contributed by atoms with E-state index >= 15 is 0 Å². The highest BCUT2D eigenvalue weighted by atomic mass is 32.2. The van der Waals surface area contributed by atoms with Gasteiger partial charge in [0.15, 0.2) is 0 Å². The lowest BCUT2D eigenvalue weighted by Gasteiger charge is -2.18. The van der Waals surface area contributed by atoms with Crippen molar-refractivity contribution < 1.29 is 4.79 Å². The zero-order valence-corrected chi connectivity index (χ0v) is 13.4. The molecule has 1 fully saturated rings. The molecule has 4 heteroatoms.